The molecule has 0 bridgehead atoms. The van der Waals surface area contributed by atoms with Gasteiger partial charge in [0.2, 0.25) is 0 Å². The number of amides is 8. The Kier molecular flexibility index (Phi) is 5.11. The molecule has 0 saturated heterocycles. The molecule has 4 heterocycles. The Morgan fingerprint density at radius 2 is 0.556 bits per heavy atom. The van der Waals surface area contributed by atoms with Crippen LogP contribution in [0.5, 0.6) is 11.5 Å². The Balaban J connectivity index is 1.06. The summed E-state index contributed by atoms with van der Waals surface area (Å²) in [7, 11) is 0. The minimum Gasteiger partial charge on any atom is -0.457 e. The number of carbonyl (C=O) groups excluding carboxylic acids is 8. The zero-order valence-electron chi connectivity index (χ0n) is 22.5. The highest BCUT2D eigenvalue weighted by Crippen LogP contribution is 2.36. The Morgan fingerprint density at radius 3 is 0.844 bits per heavy atom. The maximum Gasteiger partial charge on any atom is 0.281 e. The second kappa shape index (κ2) is 8.87. The average molecular weight is 598 g/mol. The molecule has 0 atom stereocenters. The van der Waals surface area contributed by atoms with E-state index in [1.807, 2.05) is 0 Å². The predicted molar refractivity (Wildman–Crippen MR) is 148 cm³/mol. The number of ether oxygens (including phenoxy) is 1. The molecule has 8 amide bonds. The molecule has 216 valence electrons. The first-order valence-corrected chi connectivity index (χ1v) is 13.4. The van der Waals surface area contributed by atoms with E-state index in [0.717, 1.165) is 0 Å². The first-order chi connectivity index (χ1) is 21.7. The highest BCUT2D eigenvalue weighted by molar-refractivity contribution is 6.29. The molecular formula is C32H14N4O9. The molecule has 0 saturated carbocycles. The van der Waals surface area contributed by atoms with E-state index in [1.165, 1.54) is 60.7 Å². The number of fused-ring (bicyclic) bond motifs is 4. The van der Waals surface area contributed by atoms with E-state index >= 15 is 0 Å². The van der Waals surface area contributed by atoms with Crippen molar-refractivity contribution in [1.29, 1.82) is 0 Å². The summed E-state index contributed by atoms with van der Waals surface area (Å²) in [5.74, 6) is -6.69. The van der Waals surface area contributed by atoms with E-state index in [2.05, 4.69) is 0 Å². The van der Waals surface area contributed by atoms with Crippen LogP contribution in [0.15, 0.2) is 84.9 Å². The zero-order valence-corrected chi connectivity index (χ0v) is 22.5. The number of carbonyl (C=O) groups is 8. The third-order valence-corrected chi connectivity index (χ3v) is 7.85. The van der Waals surface area contributed by atoms with Crippen LogP contribution in [0.4, 0.5) is 0 Å². The van der Waals surface area contributed by atoms with E-state index in [4.69, 9.17) is 4.74 Å². The second-order valence-electron chi connectivity index (χ2n) is 10.3. The van der Waals surface area contributed by atoms with Gasteiger partial charge in [0.1, 0.15) is 11.5 Å². The van der Waals surface area contributed by atoms with Gasteiger partial charge in [-0.05, 0) is 60.7 Å². The zero-order chi connectivity index (χ0) is 31.3. The molecule has 0 N–H and O–H groups in total. The summed E-state index contributed by atoms with van der Waals surface area (Å²) < 4.78 is 5.84. The van der Waals surface area contributed by atoms with Gasteiger partial charge in [-0.25, -0.2) is 0 Å². The van der Waals surface area contributed by atoms with Crippen LogP contribution in [0.2, 0.25) is 0 Å². The lowest BCUT2D eigenvalue weighted by Crippen LogP contribution is -2.49. The summed E-state index contributed by atoms with van der Waals surface area (Å²) in [4.78, 5) is 105. The quantitative estimate of drug-likeness (QED) is 0.322. The topological polar surface area (TPSA) is 159 Å². The summed E-state index contributed by atoms with van der Waals surface area (Å²) >= 11 is 0. The number of rotatable bonds is 4. The number of imide groups is 4. The van der Waals surface area contributed by atoms with Crippen LogP contribution in [0.1, 0.15) is 82.9 Å². The van der Waals surface area contributed by atoms with E-state index < -0.39 is 47.3 Å². The van der Waals surface area contributed by atoms with Crippen LogP contribution in [0.25, 0.3) is 0 Å². The van der Waals surface area contributed by atoms with Gasteiger partial charge in [-0.1, -0.05) is 24.3 Å². The summed E-state index contributed by atoms with van der Waals surface area (Å²) in [6.45, 7) is 0. The number of hydrogen-bond donors (Lipinski definition) is 0. The monoisotopic (exact) mass is 598 g/mol. The lowest BCUT2D eigenvalue weighted by Gasteiger charge is -2.23. The molecular weight excluding hydrogens is 584 g/mol. The van der Waals surface area contributed by atoms with Crippen molar-refractivity contribution in [3.8, 4) is 11.5 Å². The molecule has 0 aliphatic carbocycles. The lowest BCUT2D eigenvalue weighted by atomic mass is 10.1. The fraction of sp³-hybridized carbons (Fsp3) is 0. The maximum atomic E-state index is 13.3. The minimum absolute atomic E-state index is 0.0600. The van der Waals surface area contributed by atoms with Gasteiger partial charge in [0.25, 0.3) is 47.3 Å². The molecule has 13 heteroatoms. The molecule has 4 aromatic carbocycles. The van der Waals surface area contributed by atoms with Crippen molar-refractivity contribution in [3.05, 3.63) is 129 Å². The van der Waals surface area contributed by atoms with Crippen molar-refractivity contribution in [2.75, 3.05) is 0 Å². The summed E-state index contributed by atoms with van der Waals surface area (Å²) in [6, 6.07) is 19.8. The lowest BCUT2D eigenvalue weighted by molar-refractivity contribution is 0.00844. The molecule has 4 aliphatic rings. The first kappa shape index (κ1) is 25.9. The average Bonchev–Trinajstić information content (AvgIpc) is 3.64. The Hall–Kier alpha value is -6.76. The van der Waals surface area contributed by atoms with Gasteiger partial charge in [0, 0.05) is 0 Å². The summed E-state index contributed by atoms with van der Waals surface area (Å²) in [5, 5.41) is 2.01. The van der Waals surface area contributed by atoms with Crippen LogP contribution in [-0.4, -0.2) is 67.3 Å². The highest BCUT2D eigenvalue weighted by Gasteiger charge is 2.50. The highest BCUT2D eigenvalue weighted by atomic mass is 16.5. The van der Waals surface area contributed by atoms with Crippen molar-refractivity contribution in [2.45, 2.75) is 0 Å². The number of hydrogen-bond acceptors (Lipinski definition) is 9. The number of benzene rings is 4. The standard InChI is InChI=1S/C32H14N4O9/c37-25-17-5-1-2-6-18(17)26(38)33(25)35-29(41)21-11-9-15(13-23(21)31(35)43)45-16-10-12-22-24(14-16)32(44)36(30(22)42)34-27(39)19-7-3-4-8-20(19)28(34)40/h1-14H. The third kappa shape index (κ3) is 3.36. The van der Waals surface area contributed by atoms with Gasteiger partial charge in [-0.15, -0.1) is 0 Å². The van der Waals surface area contributed by atoms with Crippen molar-refractivity contribution < 1.29 is 43.1 Å². The summed E-state index contributed by atoms with van der Waals surface area (Å²) in [5.41, 5.74) is -0.117. The largest absolute Gasteiger partial charge is 0.457 e. The SMILES string of the molecule is O=C1c2ccccc2C(=O)N1N1C(=O)c2ccc(Oc3ccc4c(c3)C(=O)N(N3C(=O)c5ccccc5C3=O)C4=O)cc2C1=O. The van der Waals surface area contributed by atoms with Crippen molar-refractivity contribution in [2.24, 2.45) is 0 Å². The molecule has 0 unspecified atom stereocenters. The Labute approximate surface area is 251 Å². The van der Waals surface area contributed by atoms with Gasteiger partial charge in [-0.2, -0.15) is 20.0 Å². The van der Waals surface area contributed by atoms with Crippen LogP contribution in [-0.2, 0) is 0 Å². The molecule has 45 heavy (non-hydrogen) atoms. The van der Waals surface area contributed by atoms with Crippen LogP contribution < -0.4 is 4.74 Å². The number of hydrazine groups is 2. The van der Waals surface area contributed by atoms with Crippen LogP contribution in [0.3, 0.4) is 0 Å². The van der Waals surface area contributed by atoms with Gasteiger partial charge < -0.3 is 4.74 Å². The van der Waals surface area contributed by atoms with Crippen molar-refractivity contribution in [3.63, 3.8) is 0 Å². The first-order valence-electron chi connectivity index (χ1n) is 13.4. The maximum absolute atomic E-state index is 13.3. The minimum atomic E-state index is -0.915. The van der Waals surface area contributed by atoms with Gasteiger partial charge in [0.05, 0.1) is 44.5 Å². The fourth-order valence-corrected chi connectivity index (χ4v) is 5.76. The van der Waals surface area contributed by atoms with E-state index in [0.29, 0.717) is 20.0 Å². The molecule has 0 radical (unpaired) electrons. The molecule has 0 fully saturated rings. The Bertz CT molecular complexity index is 1970. The smallest absolute Gasteiger partial charge is 0.281 e. The molecule has 0 aromatic heterocycles. The molecule has 0 spiro atoms. The van der Waals surface area contributed by atoms with Crippen molar-refractivity contribution >= 4 is 47.3 Å². The number of nitrogens with zero attached hydrogens (tertiary/aromatic N) is 4. The van der Waals surface area contributed by atoms with E-state index in [1.54, 1.807) is 24.3 Å². The van der Waals surface area contributed by atoms with Gasteiger partial charge >= 0.3 is 0 Å². The van der Waals surface area contributed by atoms with Crippen molar-refractivity contribution in [1.82, 2.24) is 20.0 Å². The molecule has 4 aliphatic heterocycles. The van der Waals surface area contributed by atoms with Gasteiger partial charge in [0.15, 0.2) is 0 Å². The predicted octanol–water partition coefficient (Wildman–Crippen LogP) is 3.09. The third-order valence-electron chi connectivity index (χ3n) is 7.85. The molecule has 13 nitrogen and oxygen atoms in total. The van der Waals surface area contributed by atoms with E-state index in [-0.39, 0.29) is 56.0 Å². The normalized spacial score (nSPS) is 16.6. The second-order valence-corrected chi connectivity index (χ2v) is 10.3. The fourth-order valence-electron chi connectivity index (χ4n) is 5.76. The van der Waals surface area contributed by atoms with Gasteiger partial charge in [-0.3, -0.25) is 38.4 Å². The van der Waals surface area contributed by atoms with E-state index in [9.17, 15) is 38.4 Å². The molecule has 4 aromatic rings. The van der Waals surface area contributed by atoms with Crippen LogP contribution in [0, 0.1) is 0 Å². The Morgan fingerprint density at radius 1 is 0.311 bits per heavy atom. The van der Waals surface area contributed by atoms with Crippen LogP contribution >= 0.6 is 0 Å². The molecule has 8 rings (SSSR count). The summed E-state index contributed by atoms with van der Waals surface area (Å²) in [6.07, 6.45) is 0.